The smallest absolute Gasteiger partial charge is 0.0790 e. The summed E-state index contributed by atoms with van der Waals surface area (Å²) in [6.45, 7) is 8.94. The molecule has 0 spiro atoms. The molecule has 4 aliphatic carbocycles. The van der Waals surface area contributed by atoms with E-state index in [9.17, 15) is 10.2 Å². The normalized spacial score (nSPS) is 39.0. The predicted molar refractivity (Wildman–Crippen MR) is 134 cm³/mol. The van der Waals surface area contributed by atoms with Crippen molar-refractivity contribution in [3.8, 4) is 0 Å². The van der Waals surface area contributed by atoms with Crippen LogP contribution in [-0.4, -0.2) is 21.9 Å². The first kappa shape index (κ1) is 24.3. The van der Waals surface area contributed by atoms with Gasteiger partial charge >= 0.3 is 0 Å². The first-order chi connectivity index (χ1) is 15.2. The first-order valence-corrected chi connectivity index (χ1v) is 13.7. The summed E-state index contributed by atoms with van der Waals surface area (Å²) in [7, 11) is 0. The summed E-state index contributed by atoms with van der Waals surface area (Å²) in [5.74, 6) is 2.90. The van der Waals surface area contributed by atoms with Crippen molar-refractivity contribution >= 4 is 0 Å². The molecular formula is C30H48O2. The maximum absolute atomic E-state index is 10.7. The van der Waals surface area contributed by atoms with Crippen molar-refractivity contribution in [1.29, 1.82) is 0 Å². The Bertz CT molecular complexity index is 751. The lowest BCUT2D eigenvalue weighted by Crippen LogP contribution is -2.36. The molecule has 0 saturated heterocycles. The van der Waals surface area contributed by atoms with Crippen LogP contribution in [0.2, 0.25) is 0 Å². The second kappa shape index (κ2) is 9.79. The van der Waals surface area contributed by atoms with Crippen molar-refractivity contribution in [2.75, 3.05) is 0 Å². The molecule has 3 saturated carbocycles. The standard InChI is InChI=1S/C30H48O2/c1-21(9-7-17-29(2,3)32)26-15-16-27-23(11-8-18-30(26,27)4)14-13-22-19-24-10-5-6-12-25(24)28(31)20-22/h12-14,21,24,26-28,31-32H,5-11,15-20H2,1-4H3/b22-13-,23-14+/t21-,24-,26?,27?,28-,30-/m1/s1. The van der Waals surface area contributed by atoms with Crippen LogP contribution >= 0.6 is 0 Å². The molecule has 2 nitrogen and oxygen atoms in total. The summed E-state index contributed by atoms with van der Waals surface area (Å²) < 4.78 is 0. The van der Waals surface area contributed by atoms with Crippen molar-refractivity contribution in [2.45, 2.75) is 123 Å². The maximum atomic E-state index is 10.7. The summed E-state index contributed by atoms with van der Waals surface area (Å²) in [5.41, 5.74) is 4.41. The summed E-state index contributed by atoms with van der Waals surface area (Å²) in [5, 5.41) is 20.8. The monoisotopic (exact) mass is 440 g/mol. The number of fused-ring (bicyclic) bond motifs is 2. The molecule has 2 heteroatoms. The maximum Gasteiger partial charge on any atom is 0.0790 e. The molecule has 2 N–H and O–H groups in total. The van der Waals surface area contributed by atoms with Gasteiger partial charge in [-0.1, -0.05) is 56.1 Å². The van der Waals surface area contributed by atoms with Crippen LogP contribution in [0.5, 0.6) is 0 Å². The number of hydrogen-bond donors (Lipinski definition) is 2. The molecule has 0 bridgehead atoms. The number of rotatable bonds is 6. The molecule has 0 aromatic heterocycles. The molecule has 0 aromatic carbocycles. The highest BCUT2D eigenvalue weighted by molar-refractivity contribution is 5.30. The van der Waals surface area contributed by atoms with Gasteiger partial charge in [-0.2, -0.15) is 0 Å². The van der Waals surface area contributed by atoms with Crippen LogP contribution in [0, 0.1) is 29.1 Å². The minimum absolute atomic E-state index is 0.240. The molecule has 0 aromatic rings. The molecule has 0 aliphatic heterocycles. The van der Waals surface area contributed by atoms with Gasteiger partial charge in [-0.25, -0.2) is 0 Å². The first-order valence-electron chi connectivity index (χ1n) is 13.7. The predicted octanol–water partition coefficient (Wildman–Crippen LogP) is 7.51. The van der Waals surface area contributed by atoms with Crippen LogP contribution in [0.15, 0.2) is 34.9 Å². The average molecular weight is 441 g/mol. The molecule has 4 rings (SSSR count). The lowest BCUT2D eigenvalue weighted by molar-refractivity contribution is 0.0596. The van der Waals surface area contributed by atoms with Gasteiger partial charge in [-0.05, 0) is 119 Å². The Morgan fingerprint density at radius 1 is 1.16 bits per heavy atom. The van der Waals surface area contributed by atoms with Crippen molar-refractivity contribution in [3.63, 3.8) is 0 Å². The molecule has 0 amide bonds. The van der Waals surface area contributed by atoms with Gasteiger partial charge in [0.2, 0.25) is 0 Å². The zero-order valence-corrected chi connectivity index (χ0v) is 21.2. The van der Waals surface area contributed by atoms with E-state index < -0.39 is 5.60 Å². The number of aliphatic hydroxyl groups excluding tert-OH is 1. The molecule has 3 fully saturated rings. The molecule has 2 unspecified atom stereocenters. The van der Waals surface area contributed by atoms with Gasteiger partial charge in [0.25, 0.3) is 0 Å². The van der Waals surface area contributed by atoms with E-state index in [0.29, 0.717) is 11.3 Å². The fraction of sp³-hybridized carbons (Fsp3) is 0.800. The second-order valence-corrected chi connectivity index (χ2v) is 12.6. The van der Waals surface area contributed by atoms with Gasteiger partial charge in [0.05, 0.1) is 11.7 Å². The number of allylic oxidation sites excluding steroid dienone is 4. The molecule has 0 radical (unpaired) electrons. The number of hydrogen-bond acceptors (Lipinski definition) is 2. The SMILES string of the molecule is C[C@H](CCCC(C)(C)O)C1CCC2/C(=C/C=C3/C[C@H]4CCCC=C4[C@H](O)C3)CCC[C@@]21C. The highest BCUT2D eigenvalue weighted by Crippen LogP contribution is 2.60. The van der Waals surface area contributed by atoms with Crippen LogP contribution in [0.4, 0.5) is 0 Å². The Morgan fingerprint density at radius 3 is 2.75 bits per heavy atom. The topological polar surface area (TPSA) is 40.5 Å². The molecule has 180 valence electrons. The van der Waals surface area contributed by atoms with Crippen molar-refractivity contribution in [1.82, 2.24) is 0 Å². The van der Waals surface area contributed by atoms with E-state index in [1.165, 1.54) is 62.5 Å². The molecule has 32 heavy (non-hydrogen) atoms. The van der Waals surface area contributed by atoms with E-state index in [2.05, 4.69) is 32.1 Å². The van der Waals surface area contributed by atoms with E-state index in [4.69, 9.17) is 0 Å². The van der Waals surface area contributed by atoms with Gasteiger partial charge in [0.1, 0.15) is 0 Å². The highest BCUT2D eigenvalue weighted by Gasteiger charge is 2.50. The largest absolute Gasteiger partial charge is 0.390 e. The van der Waals surface area contributed by atoms with E-state index in [1.807, 2.05) is 13.8 Å². The van der Waals surface area contributed by atoms with E-state index >= 15 is 0 Å². The Hall–Kier alpha value is -0.860. The summed E-state index contributed by atoms with van der Waals surface area (Å²) >= 11 is 0. The van der Waals surface area contributed by atoms with Crippen LogP contribution in [0.1, 0.15) is 111 Å². The van der Waals surface area contributed by atoms with E-state index in [0.717, 1.165) is 49.9 Å². The third-order valence-corrected chi connectivity index (χ3v) is 9.66. The zero-order valence-electron chi connectivity index (χ0n) is 21.2. The molecule has 6 atom stereocenters. The van der Waals surface area contributed by atoms with Crippen molar-refractivity contribution in [2.24, 2.45) is 29.1 Å². The molecule has 0 heterocycles. The number of aliphatic hydroxyl groups is 2. The zero-order chi connectivity index (χ0) is 22.9. The van der Waals surface area contributed by atoms with Gasteiger partial charge in [-0.15, -0.1) is 0 Å². The van der Waals surface area contributed by atoms with Crippen LogP contribution < -0.4 is 0 Å². The van der Waals surface area contributed by atoms with Gasteiger partial charge in [0.15, 0.2) is 0 Å². The van der Waals surface area contributed by atoms with Crippen LogP contribution in [0.25, 0.3) is 0 Å². The Morgan fingerprint density at radius 2 is 1.97 bits per heavy atom. The minimum Gasteiger partial charge on any atom is -0.390 e. The highest BCUT2D eigenvalue weighted by atomic mass is 16.3. The van der Waals surface area contributed by atoms with Crippen LogP contribution in [-0.2, 0) is 0 Å². The second-order valence-electron chi connectivity index (χ2n) is 12.6. The fourth-order valence-electron chi connectivity index (χ4n) is 7.99. The van der Waals surface area contributed by atoms with E-state index in [-0.39, 0.29) is 6.10 Å². The van der Waals surface area contributed by atoms with Gasteiger partial charge in [-0.3, -0.25) is 0 Å². The molecule has 4 aliphatic rings. The summed E-state index contributed by atoms with van der Waals surface area (Å²) in [6.07, 6.45) is 22.7. The quantitative estimate of drug-likeness (QED) is 0.419. The fourth-order valence-corrected chi connectivity index (χ4v) is 7.99. The van der Waals surface area contributed by atoms with Crippen molar-refractivity contribution in [3.05, 3.63) is 34.9 Å². The summed E-state index contributed by atoms with van der Waals surface area (Å²) in [4.78, 5) is 0. The third kappa shape index (κ3) is 5.27. The lowest BCUT2D eigenvalue weighted by atomic mass is 9.60. The Kier molecular flexibility index (Phi) is 7.42. The molecular weight excluding hydrogens is 392 g/mol. The van der Waals surface area contributed by atoms with Crippen LogP contribution in [0.3, 0.4) is 0 Å². The Balaban J connectivity index is 1.42. The minimum atomic E-state index is -0.531. The Labute approximate surface area is 197 Å². The average Bonchev–Trinajstić information content (AvgIpc) is 3.09. The van der Waals surface area contributed by atoms with E-state index in [1.54, 1.807) is 5.57 Å². The summed E-state index contributed by atoms with van der Waals surface area (Å²) in [6, 6.07) is 0. The van der Waals surface area contributed by atoms with Crippen molar-refractivity contribution < 1.29 is 10.2 Å². The lowest BCUT2D eigenvalue weighted by Gasteiger charge is -2.44. The van der Waals surface area contributed by atoms with Gasteiger partial charge in [0, 0.05) is 0 Å². The third-order valence-electron chi connectivity index (χ3n) is 9.66. The van der Waals surface area contributed by atoms with Gasteiger partial charge < -0.3 is 10.2 Å².